The summed E-state index contributed by atoms with van der Waals surface area (Å²) in [4.78, 5) is 52.5. The molecule has 5 atom stereocenters. The number of hydrogen-bond acceptors (Lipinski definition) is 6. The normalized spacial score (nSPS) is 19.0. The number of nitrogens with one attached hydrogen (secondary N) is 4. The molecular weight excluding hydrogens is 631 g/mol. The quantitative estimate of drug-likeness (QED) is 0.195. The predicted molar refractivity (Wildman–Crippen MR) is 176 cm³/mol. The smallest absolute Gasteiger partial charge is 0.408 e. The number of aliphatic hydroxyl groups is 1. The lowest BCUT2D eigenvalue weighted by Gasteiger charge is -2.35. The molecule has 250 valence electrons. The van der Waals surface area contributed by atoms with Gasteiger partial charge in [-0.05, 0) is 73.4 Å². The van der Waals surface area contributed by atoms with Gasteiger partial charge in [-0.15, -0.1) is 0 Å². The minimum Gasteiger partial charge on any atom is -0.440 e. The second kappa shape index (κ2) is 15.5. The van der Waals surface area contributed by atoms with Crippen LogP contribution in [0.1, 0.15) is 77.0 Å². The van der Waals surface area contributed by atoms with Crippen LogP contribution in [0.25, 0.3) is 0 Å². The van der Waals surface area contributed by atoms with Crippen molar-refractivity contribution in [1.82, 2.24) is 21.3 Å². The van der Waals surface area contributed by atoms with Crippen LogP contribution in [0.5, 0.6) is 0 Å². The minimum absolute atomic E-state index is 0.00292. The lowest BCUT2D eigenvalue weighted by atomic mass is 9.76. The molecule has 46 heavy (non-hydrogen) atoms. The van der Waals surface area contributed by atoms with Crippen LogP contribution < -0.4 is 21.3 Å². The van der Waals surface area contributed by atoms with Crippen molar-refractivity contribution in [3.8, 4) is 0 Å². The first-order chi connectivity index (χ1) is 21.7. The van der Waals surface area contributed by atoms with Gasteiger partial charge in [0.1, 0.15) is 12.1 Å². The van der Waals surface area contributed by atoms with E-state index >= 15 is 0 Å². The Morgan fingerprint density at radius 2 is 1.70 bits per heavy atom. The molecule has 2 aromatic rings. The Bertz CT molecular complexity index is 1400. The summed E-state index contributed by atoms with van der Waals surface area (Å²) in [6.45, 7) is 8.16. The molecule has 2 aromatic carbocycles. The van der Waals surface area contributed by atoms with Crippen molar-refractivity contribution in [2.75, 3.05) is 6.54 Å². The molecule has 4 rings (SSSR count). The van der Waals surface area contributed by atoms with E-state index in [4.69, 9.17) is 27.9 Å². The monoisotopic (exact) mass is 674 g/mol. The maximum absolute atomic E-state index is 13.7. The van der Waals surface area contributed by atoms with Gasteiger partial charge in [-0.1, -0.05) is 75.2 Å². The second-order valence-corrected chi connectivity index (χ2v) is 14.1. The number of carbonyl (C=O) groups excluding carboxylic acids is 4. The zero-order chi connectivity index (χ0) is 33.6. The fourth-order valence-electron chi connectivity index (χ4n) is 5.72. The van der Waals surface area contributed by atoms with Crippen LogP contribution in [0, 0.1) is 11.8 Å². The van der Waals surface area contributed by atoms with E-state index in [1.54, 1.807) is 30.3 Å². The number of alkyl carbamates (subject to hydrolysis) is 1. The highest BCUT2D eigenvalue weighted by Crippen LogP contribution is 2.40. The molecule has 2 aliphatic rings. The highest BCUT2D eigenvalue weighted by molar-refractivity contribution is 6.30. The van der Waals surface area contributed by atoms with E-state index in [-0.39, 0.29) is 30.7 Å². The van der Waals surface area contributed by atoms with Gasteiger partial charge in [0.05, 0.1) is 6.04 Å². The summed E-state index contributed by atoms with van der Waals surface area (Å²) in [5.41, 5.74) is 0.772. The molecule has 0 bridgehead atoms. The third-order valence-electron chi connectivity index (χ3n) is 8.54. The van der Waals surface area contributed by atoms with Gasteiger partial charge in [-0.25, -0.2) is 4.79 Å². The fraction of sp³-hybridized carbons (Fsp3) is 0.529. The van der Waals surface area contributed by atoms with Gasteiger partial charge in [0.15, 0.2) is 6.10 Å². The molecule has 10 nitrogen and oxygen atoms in total. The number of hydrogen-bond donors (Lipinski definition) is 5. The zero-order valence-electron chi connectivity index (χ0n) is 26.6. The van der Waals surface area contributed by atoms with Gasteiger partial charge in [0.2, 0.25) is 11.8 Å². The van der Waals surface area contributed by atoms with Crippen molar-refractivity contribution in [1.29, 1.82) is 0 Å². The van der Waals surface area contributed by atoms with Crippen molar-refractivity contribution in [3.63, 3.8) is 0 Å². The van der Waals surface area contributed by atoms with E-state index in [9.17, 15) is 24.3 Å². The molecule has 1 saturated heterocycles. The summed E-state index contributed by atoms with van der Waals surface area (Å²) in [6, 6.07) is 12.2. The molecular formula is C34H44Cl2N4O6. The molecule has 12 heteroatoms. The standard InChI is InChI=1S/C34H44Cl2N4O6/c1-19(2)16-27(31(43)39-26(17-21-14-15-37-30(21)42)28(41)32(44)38-25-12-13-25)40-33(45)46-29(20-8-10-23(35)11-9-20)34(3,4)22-6-5-7-24(36)18-22/h5-11,18-19,21,25-29,41H,12-17H2,1-4H3,(H,37,42)(H,38,44)(H,39,43)(H,40,45)/t21?,26-,27-,28?,29?/m0/s1. The largest absolute Gasteiger partial charge is 0.440 e. The van der Waals surface area contributed by atoms with Crippen molar-refractivity contribution in [3.05, 3.63) is 69.7 Å². The van der Waals surface area contributed by atoms with Crippen LogP contribution in [0.2, 0.25) is 10.0 Å². The Balaban J connectivity index is 1.54. The summed E-state index contributed by atoms with van der Waals surface area (Å²) in [5, 5.41) is 23.1. The first kappa shape index (κ1) is 35.5. The Morgan fingerprint density at radius 3 is 2.28 bits per heavy atom. The number of halogens is 2. The summed E-state index contributed by atoms with van der Waals surface area (Å²) < 4.78 is 6.08. The van der Waals surface area contributed by atoms with Gasteiger partial charge in [-0.2, -0.15) is 0 Å². The van der Waals surface area contributed by atoms with Crippen LogP contribution in [0.15, 0.2) is 48.5 Å². The number of aliphatic hydroxyl groups excluding tert-OH is 1. The maximum Gasteiger partial charge on any atom is 0.408 e. The molecule has 0 spiro atoms. The molecule has 0 aromatic heterocycles. The Labute approximate surface area is 280 Å². The summed E-state index contributed by atoms with van der Waals surface area (Å²) >= 11 is 12.5. The number of ether oxygens (including phenoxy) is 1. The average Bonchev–Trinajstić information content (AvgIpc) is 3.73. The highest BCUT2D eigenvalue weighted by Gasteiger charge is 2.39. The first-order valence-electron chi connectivity index (χ1n) is 15.8. The van der Waals surface area contributed by atoms with Crippen molar-refractivity contribution in [2.24, 2.45) is 11.8 Å². The second-order valence-electron chi connectivity index (χ2n) is 13.3. The van der Waals surface area contributed by atoms with Crippen LogP contribution >= 0.6 is 23.2 Å². The summed E-state index contributed by atoms with van der Waals surface area (Å²) in [6.07, 6.45) is -0.689. The van der Waals surface area contributed by atoms with Crippen molar-refractivity contribution < 1.29 is 29.0 Å². The molecule has 1 heterocycles. The van der Waals surface area contributed by atoms with E-state index in [2.05, 4.69) is 21.3 Å². The van der Waals surface area contributed by atoms with Crippen LogP contribution in [-0.4, -0.2) is 59.7 Å². The van der Waals surface area contributed by atoms with E-state index in [1.165, 1.54) is 0 Å². The number of amides is 4. The van der Waals surface area contributed by atoms with Gasteiger partial charge in [0.25, 0.3) is 5.91 Å². The number of benzene rings is 2. The number of carbonyl (C=O) groups is 4. The van der Waals surface area contributed by atoms with Crippen LogP contribution in [0.3, 0.4) is 0 Å². The minimum atomic E-state index is -1.57. The topological polar surface area (TPSA) is 146 Å². The average molecular weight is 676 g/mol. The zero-order valence-corrected chi connectivity index (χ0v) is 28.2. The molecule has 1 aliphatic heterocycles. The van der Waals surface area contributed by atoms with Gasteiger partial charge in [-0.3, -0.25) is 14.4 Å². The van der Waals surface area contributed by atoms with E-state index in [0.29, 0.717) is 28.6 Å². The fourth-order valence-corrected chi connectivity index (χ4v) is 6.04. The van der Waals surface area contributed by atoms with E-state index in [0.717, 1.165) is 18.4 Å². The first-order valence-corrected chi connectivity index (χ1v) is 16.5. The van der Waals surface area contributed by atoms with Gasteiger partial charge in [0, 0.05) is 34.0 Å². The Kier molecular flexibility index (Phi) is 12.0. The van der Waals surface area contributed by atoms with Crippen molar-refractivity contribution in [2.45, 2.75) is 95.5 Å². The van der Waals surface area contributed by atoms with Crippen LogP contribution in [0.4, 0.5) is 4.79 Å². The Morgan fingerprint density at radius 1 is 1.00 bits per heavy atom. The van der Waals surface area contributed by atoms with Crippen molar-refractivity contribution >= 4 is 47.0 Å². The summed E-state index contributed by atoms with van der Waals surface area (Å²) in [7, 11) is 0. The molecule has 5 N–H and O–H groups in total. The lowest BCUT2D eigenvalue weighted by molar-refractivity contribution is -0.134. The summed E-state index contributed by atoms with van der Waals surface area (Å²) in [5.74, 6) is -1.86. The third kappa shape index (κ3) is 9.59. The van der Waals surface area contributed by atoms with Gasteiger partial charge >= 0.3 is 6.09 Å². The predicted octanol–water partition coefficient (Wildman–Crippen LogP) is 4.80. The highest BCUT2D eigenvalue weighted by atomic mass is 35.5. The van der Waals surface area contributed by atoms with Gasteiger partial charge < -0.3 is 31.1 Å². The Hall–Kier alpha value is -3.34. The molecule has 2 fully saturated rings. The molecule has 1 aliphatic carbocycles. The number of rotatable bonds is 14. The van der Waals surface area contributed by atoms with E-state index in [1.807, 2.05) is 45.9 Å². The third-order valence-corrected chi connectivity index (χ3v) is 9.03. The lowest BCUT2D eigenvalue weighted by Crippen LogP contribution is -2.56. The molecule has 0 radical (unpaired) electrons. The van der Waals surface area contributed by atoms with E-state index < -0.39 is 53.5 Å². The maximum atomic E-state index is 13.7. The molecule has 3 unspecified atom stereocenters. The molecule has 4 amide bonds. The SMILES string of the molecule is CC(C)C[C@H](NC(=O)OC(c1ccc(Cl)cc1)C(C)(C)c1cccc(Cl)c1)C(=O)N[C@@H](CC1CCNC1=O)C(O)C(=O)NC1CC1. The van der Waals surface area contributed by atoms with Crippen LogP contribution in [-0.2, 0) is 24.5 Å². The molecule has 1 saturated carbocycles.